The van der Waals surface area contributed by atoms with Crippen LogP contribution in [-0.4, -0.2) is 20.7 Å². The van der Waals surface area contributed by atoms with Gasteiger partial charge in [0.25, 0.3) is 0 Å². The first-order valence-electron chi connectivity index (χ1n) is 12.0. The molecule has 0 bridgehead atoms. The van der Waals surface area contributed by atoms with Gasteiger partial charge in [-0.25, -0.2) is 0 Å². The lowest BCUT2D eigenvalue weighted by Gasteiger charge is -2.07. The fourth-order valence-electron chi connectivity index (χ4n) is 4.23. The van der Waals surface area contributed by atoms with Crippen LogP contribution >= 0.6 is 0 Å². The van der Waals surface area contributed by atoms with Crippen molar-refractivity contribution in [3.8, 4) is 11.4 Å². The number of aromatic nitrogens is 3. The number of hydrogen-bond acceptors (Lipinski definition) is 4. The Labute approximate surface area is 202 Å². The lowest BCUT2D eigenvalue weighted by Crippen LogP contribution is -2.04. The largest absolute Gasteiger partial charge is 0.299 e. The van der Waals surface area contributed by atoms with Crippen LogP contribution in [0.5, 0.6) is 0 Å². The Bertz CT molecular complexity index is 1220. The number of carbonyl (C=O) groups is 1. The molecule has 4 nitrogen and oxygen atoms in total. The van der Waals surface area contributed by atoms with Crippen LogP contribution in [0.25, 0.3) is 17.0 Å². The molecule has 4 rings (SSSR count). The zero-order valence-corrected chi connectivity index (χ0v) is 20.0. The van der Waals surface area contributed by atoms with Crippen molar-refractivity contribution in [2.45, 2.75) is 52.4 Å². The number of nitrogens with zero attached hydrogens (tertiary/aromatic N) is 3. The average molecular weight is 450 g/mol. The van der Waals surface area contributed by atoms with E-state index in [4.69, 9.17) is 0 Å². The Balaban J connectivity index is 1.31. The van der Waals surface area contributed by atoms with Crippen LogP contribution in [0.2, 0.25) is 0 Å². The molecule has 1 aliphatic rings. The summed E-state index contributed by atoms with van der Waals surface area (Å²) in [6.07, 6.45) is 18.4. The lowest BCUT2D eigenvalue weighted by atomic mass is 9.97. The normalized spacial score (nSPS) is 13.5. The molecule has 1 aliphatic carbocycles. The predicted molar refractivity (Wildman–Crippen MR) is 138 cm³/mol. The number of benzene rings is 1. The van der Waals surface area contributed by atoms with Gasteiger partial charge in [-0.15, -0.1) is 0 Å². The molecule has 0 spiro atoms. The third-order valence-corrected chi connectivity index (χ3v) is 6.09. The van der Waals surface area contributed by atoms with E-state index in [9.17, 15) is 4.79 Å². The van der Waals surface area contributed by atoms with E-state index in [0.29, 0.717) is 12.8 Å². The summed E-state index contributed by atoms with van der Waals surface area (Å²) in [6, 6.07) is 12.4. The van der Waals surface area contributed by atoms with E-state index in [2.05, 4.69) is 77.4 Å². The highest BCUT2D eigenvalue weighted by atomic mass is 16.1. The summed E-state index contributed by atoms with van der Waals surface area (Å²) < 4.78 is 0. The van der Waals surface area contributed by atoms with Crippen LogP contribution in [0.3, 0.4) is 0 Å². The second-order valence-electron chi connectivity index (χ2n) is 8.88. The predicted octanol–water partition coefficient (Wildman–Crippen LogP) is 6.74. The van der Waals surface area contributed by atoms with Crippen molar-refractivity contribution in [1.82, 2.24) is 15.0 Å². The number of hydrogen-bond donors (Lipinski definition) is 0. The molecule has 0 fully saturated rings. The van der Waals surface area contributed by atoms with E-state index in [1.165, 1.54) is 22.3 Å². The van der Waals surface area contributed by atoms with Crippen molar-refractivity contribution in [2.24, 2.45) is 0 Å². The van der Waals surface area contributed by atoms with Gasteiger partial charge in [-0.3, -0.25) is 19.7 Å². The maximum absolute atomic E-state index is 12.7. The first-order valence-corrected chi connectivity index (χ1v) is 12.0. The van der Waals surface area contributed by atoms with Crippen LogP contribution < -0.4 is 0 Å². The highest BCUT2D eigenvalue weighted by molar-refractivity contribution is 5.82. The lowest BCUT2D eigenvalue weighted by molar-refractivity contribution is -0.118. The van der Waals surface area contributed by atoms with Gasteiger partial charge < -0.3 is 0 Å². The van der Waals surface area contributed by atoms with Crippen molar-refractivity contribution >= 4 is 11.4 Å². The fourth-order valence-corrected chi connectivity index (χ4v) is 4.23. The summed E-state index contributed by atoms with van der Waals surface area (Å²) in [5, 5.41) is 0. The molecule has 0 N–H and O–H groups in total. The molecule has 0 radical (unpaired) electrons. The van der Waals surface area contributed by atoms with Crippen LogP contribution in [0.15, 0.2) is 90.6 Å². The summed E-state index contributed by atoms with van der Waals surface area (Å²) in [4.78, 5) is 25.5. The van der Waals surface area contributed by atoms with Gasteiger partial charge >= 0.3 is 0 Å². The Kier molecular flexibility index (Phi) is 7.92. The van der Waals surface area contributed by atoms with Crippen LogP contribution in [0.4, 0.5) is 0 Å². The number of aryl methyl sites for hydroxylation is 1. The third-order valence-electron chi connectivity index (χ3n) is 6.09. The van der Waals surface area contributed by atoms with Crippen molar-refractivity contribution in [1.29, 1.82) is 0 Å². The topological polar surface area (TPSA) is 55.7 Å². The molecule has 2 aromatic heterocycles. The molecule has 2 heterocycles. The quantitative estimate of drug-likeness (QED) is 0.363. The molecule has 34 heavy (non-hydrogen) atoms. The second-order valence-corrected chi connectivity index (χ2v) is 8.88. The van der Waals surface area contributed by atoms with E-state index in [-0.39, 0.29) is 5.78 Å². The van der Waals surface area contributed by atoms with Crippen LogP contribution in [-0.2, 0) is 17.6 Å². The molecule has 172 valence electrons. The Morgan fingerprint density at radius 1 is 0.971 bits per heavy atom. The molecule has 0 unspecified atom stereocenters. The number of carbonyl (C=O) groups excluding carboxylic acids is 1. The van der Waals surface area contributed by atoms with Crippen LogP contribution in [0.1, 0.15) is 56.2 Å². The highest BCUT2D eigenvalue weighted by Gasteiger charge is 2.09. The van der Waals surface area contributed by atoms with E-state index < -0.39 is 0 Å². The number of rotatable bonds is 9. The number of ketones is 1. The van der Waals surface area contributed by atoms with E-state index >= 15 is 0 Å². The molecule has 3 aromatic rings. The first kappa shape index (κ1) is 23.5. The second kappa shape index (κ2) is 11.5. The van der Waals surface area contributed by atoms with Gasteiger partial charge in [0, 0.05) is 31.4 Å². The van der Waals surface area contributed by atoms with Crippen molar-refractivity contribution in [3.05, 3.63) is 107 Å². The Morgan fingerprint density at radius 2 is 1.88 bits per heavy atom. The van der Waals surface area contributed by atoms with Gasteiger partial charge in [-0.2, -0.15) is 0 Å². The molecule has 0 saturated carbocycles. The average Bonchev–Trinajstić information content (AvgIpc) is 3.06. The van der Waals surface area contributed by atoms with E-state index in [1.807, 2.05) is 12.3 Å². The molecular formula is C30H31N3O. The number of pyridine rings is 1. The molecule has 0 atom stereocenters. The van der Waals surface area contributed by atoms with Gasteiger partial charge in [0.15, 0.2) is 0 Å². The first-order chi connectivity index (χ1) is 16.6. The molecule has 4 heteroatoms. The molecular weight excluding hydrogens is 418 g/mol. The fraction of sp³-hybridized carbons (Fsp3) is 0.267. The minimum Gasteiger partial charge on any atom is -0.299 e. The Morgan fingerprint density at radius 3 is 2.65 bits per heavy atom. The Hall–Kier alpha value is -3.66. The smallest absolute Gasteiger partial charge is 0.137 e. The molecule has 0 aliphatic heterocycles. The van der Waals surface area contributed by atoms with Crippen molar-refractivity contribution in [2.75, 3.05) is 0 Å². The van der Waals surface area contributed by atoms with Gasteiger partial charge in [0.05, 0.1) is 11.9 Å². The summed E-state index contributed by atoms with van der Waals surface area (Å²) >= 11 is 0. The third kappa shape index (κ3) is 6.44. The molecule has 0 amide bonds. The zero-order valence-electron chi connectivity index (χ0n) is 20.0. The van der Waals surface area contributed by atoms with Crippen LogP contribution in [0, 0.1) is 0 Å². The van der Waals surface area contributed by atoms with E-state index in [1.54, 1.807) is 18.6 Å². The minimum atomic E-state index is 0.274. The molecule has 0 saturated heterocycles. The maximum Gasteiger partial charge on any atom is 0.137 e. The van der Waals surface area contributed by atoms with Gasteiger partial charge in [0.2, 0.25) is 0 Å². The van der Waals surface area contributed by atoms with Crippen molar-refractivity contribution in [3.63, 3.8) is 0 Å². The number of allylic oxidation sites excluding steroid dienone is 6. The van der Waals surface area contributed by atoms with Gasteiger partial charge in [0.1, 0.15) is 11.5 Å². The summed E-state index contributed by atoms with van der Waals surface area (Å²) in [5.74, 6) is 0.274. The maximum atomic E-state index is 12.7. The zero-order chi connectivity index (χ0) is 23.8. The summed E-state index contributed by atoms with van der Waals surface area (Å²) in [5.41, 5.74) is 8.99. The SMILES string of the molecule is CCC1=CC=C(c2cccc(CC(=O)CCCc3ccc(-c4cnccn4)nc3)c2)C=C(C)C1. The van der Waals surface area contributed by atoms with Crippen molar-refractivity contribution < 1.29 is 4.79 Å². The van der Waals surface area contributed by atoms with Gasteiger partial charge in [-0.1, -0.05) is 66.6 Å². The monoisotopic (exact) mass is 449 g/mol. The van der Waals surface area contributed by atoms with E-state index in [0.717, 1.165) is 48.2 Å². The summed E-state index contributed by atoms with van der Waals surface area (Å²) in [6.45, 7) is 4.39. The minimum absolute atomic E-state index is 0.274. The molecule has 1 aromatic carbocycles. The standard InChI is InChI=1S/C30H31N3O/c1-3-23-10-12-27(17-22(2)16-23)26-8-4-7-25(18-26)19-28(34)9-5-6-24-11-13-29(33-20-24)30-21-31-14-15-32-30/h4,7-8,10-15,17-18,20-21H,3,5-6,9,16,19H2,1-2H3. The highest BCUT2D eigenvalue weighted by Crippen LogP contribution is 2.26. The summed E-state index contributed by atoms with van der Waals surface area (Å²) in [7, 11) is 0. The number of Topliss-reactive ketones (excluding diaryl/α,β-unsaturated/α-hetero) is 1. The van der Waals surface area contributed by atoms with Gasteiger partial charge in [-0.05, 0) is 60.9 Å².